The molecule has 2 aromatic heterocycles. The van der Waals surface area contributed by atoms with Crippen molar-refractivity contribution in [2.45, 2.75) is 19.9 Å². The normalized spacial score (nSPS) is 10.5. The molecule has 0 atom stereocenters. The molecule has 0 aliphatic carbocycles. The zero-order valence-electron chi connectivity index (χ0n) is 8.59. The Bertz CT molecular complexity index is 431. The topological polar surface area (TPSA) is 69.6 Å². The van der Waals surface area contributed by atoms with Gasteiger partial charge in [-0.1, -0.05) is 6.92 Å². The molecular formula is C10H13N5. The minimum atomic E-state index is 0.569. The van der Waals surface area contributed by atoms with E-state index in [4.69, 9.17) is 5.73 Å². The lowest BCUT2D eigenvalue weighted by Crippen LogP contribution is -1.95. The number of anilines is 1. The molecule has 2 heterocycles. The fourth-order valence-corrected chi connectivity index (χ4v) is 1.32. The molecule has 2 rings (SSSR count). The summed E-state index contributed by atoms with van der Waals surface area (Å²) < 4.78 is 1.88. The molecule has 0 fully saturated rings. The average Bonchev–Trinajstić information content (AvgIpc) is 2.68. The summed E-state index contributed by atoms with van der Waals surface area (Å²) in [4.78, 5) is 8.27. The molecule has 5 nitrogen and oxygen atoms in total. The van der Waals surface area contributed by atoms with Crippen LogP contribution in [0.1, 0.15) is 13.3 Å². The maximum atomic E-state index is 5.51. The number of hydrogen-bond acceptors (Lipinski definition) is 4. The first-order chi connectivity index (χ1) is 7.29. The third-order valence-electron chi connectivity index (χ3n) is 2.02. The zero-order chi connectivity index (χ0) is 10.7. The lowest BCUT2D eigenvalue weighted by atomic mass is 10.3. The van der Waals surface area contributed by atoms with Crippen molar-refractivity contribution in [1.82, 2.24) is 19.7 Å². The highest BCUT2D eigenvalue weighted by Gasteiger charge is 2.03. The Morgan fingerprint density at radius 2 is 2.00 bits per heavy atom. The quantitative estimate of drug-likeness (QED) is 0.817. The van der Waals surface area contributed by atoms with E-state index in [1.54, 1.807) is 18.6 Å². The van der Waals surface area contributed by atoms with Gasteiger partial charge >= 0.3 is 0 Å². The summed E-state index contributed by atoms with van der Waals surface area (Å²) in [6.07, 6.45) is 7.96. The number of nitrogen functional groups attached to an aromatic ring is 1. The standard InChI is InChI=1S/C10H13N5/c1-2-3-15-7-8(4-14-15)10-12-5-9(11)6-13-10/h4-7H,2-3,11H2,1H3. The van der Waals surface area contributed by atoms with Crippen LogP contribution in [0.3, 0.4) is 0 Å². The molecule has 0 aliphatic heterocycles. The van der Waals surface area contributed by atoms with E-state index in [-0.39, 0.29) is 0 Å². The van der Waals surface area contributed by atoms with Crippen LogP contribution in [0.15, 0.2) is 24.8 Å². The Morgan fingerprint density at radius 1 is 1.27 bits per heavy atom. The number of hydrogen-bond donors (Lipinski definition) is 1. The van der Waals surface area contributed by atoms with Gasteiger partial charge in [-0.15, -0.1) is 0 Å². The van der Waals surface area contributed by atoms with Crippen LogP contribution in [0, 0.1) is 0 Å². The van der Waals surface area contributed by atoms with Crippen molar-refractivity contribution in [1.29, 1.82) is 0 Å². The van der Waals surface area contributed by atoms with Gasteiger partial charge in [0.05, 0.1) is 29.8 Å². The van der Waals surface area contributed by atoms with Gasteiger partial charge in [0.25, 0.3) is 0 Å². The SMILES string of the molecule is CCCn1cc(-c2ncc(N)cn2)cn1. The minimum Gasteiger partial charge on any atom is -0.396 e. The molecule has 0 aliphatic rings. The van der Waals surface area contributed by atoms with E-state index in [0.717, 1.165) is 18.5 Å². The summed E-state index contributed by atoms with van der Waals surface area (Å²) in [5.74, 6) is 0.659. The van der Waals surface area contributed by atoms with E-state index in [0.29, 0.717) is 11.5 Å². The Balaban J connectivity index is 2.25. The summed E-state index contributed by atoms with van der Waals surface area (Å²) in [6.45, 7) is 3.02. The largest absolute Gasteiger partial charge is 0.396 e. The molecule has 2 N–H and O–H groups in total. The third kappa shape index (κ3) is 2.12. The number of nitrogens with two attached hydrogens (primary N) is 1. The van der Waals surface area contributed by atoms with Crippen molar-refractivity contribution in [2.24, 2.45) is 0 Å². The average molecular weight is 203 g/mol. The van der Waals surface area contributed by atoms with Gasteiger partial charge in [-0.3, -0.25) is 4.68 Å². The van der Waals surface area contributed by atoms with E-state index >= 15 is 0 Å². The fourth-order valence-electron chi connectivity index (χ4n) is 1.32. The molecule has 5 heteroatoms. The smallest absolute Gasteiger partial charge is 0.162 e. The van der Waals surface area contributed by atoms with Gasteiger partial charge in [0, 0.05) is 12.7 Å². The predicted octanol–water partition coefficient (Wildman–Crippen LogP) is 1.33. The van der Waals surface area contributed by atoms with Crippen LogP contribution < -0.4 is 5.73 Å². The first kappa shape index (κ1) is 9.64. The maximum Gasteiger partial charge on any atom is 0.162 e. The third-order valence-corrected chi connectivity index (χ3v) is 2.02. The van der Waals surface area contributed by atoms with Gasteiger partial charge in [-0.2, -0.15) is 5.10 Å². The Hall–Kier alpha value is -1.91. The Labute approximate surface area is 88.0 Å². The number of aryl methyl sites for hydroxylation is 1. The lowest BCUT2D eigenvalue weighted by Gasteiger charge is -1.96. The summed E-state index contributed by atoms with van der Waals surface area (Å²) in [7, 11) is 0. The Kier molecular flexibility index (Phi) is 2.62. The number of nitrogens with zero attached hydrogens (tertiary/aromatic N) is 4. The van der Waals surface area contributed by atoms with Crippen LogP contribution in [0.25, 0.3) is 11.4 Å². The van der Waals surface area contributed by atoms with Crippen LogP contribution in [-0.2, 0) is 6.54 Å². The minimum absolute atomic E-state index is 0.569. The van der Waals surface area contributed by atoms with Crippen LogP contribution in [-0.4, -0.2) is 19.7 Å². The van der Waals surface area contributed by atoms with Crippen molar-refractivity contribution < 1.29 is 0 Å². The molecule has 0 amide bonds. The molecule has 0 unspecified atom stereocenters. The summed E-state index contributed by atoms with van der Waals surface area (Å²) in [5, 5.41) is 4.21. The van der Waals surface area contributed by atoms with Gasteiger partial charge in [0.2, 0.25) is 0 Å². The second-order valence-corrected chi connectivity index (χ2v) is 3.33. The van der Waals surface area contributed by atoms with Gasteiger partial charge in [-0.05, 0) is 6.42 Å². The van der Waals surface area contributed by atoms with Crippen molar-refractivity contribution in [3.8, 4) is 11.4 Å². The highest BCUT2D eigenvalue weighted by Crippen LogP contribution is 2.13. The first-order valence-corrected chi connectivity index (χ1v) is 4.90. The van der Waals surface area contributed by atoms with Crippen molar-refractivity contribution in [2.75, 3.05) is 5.73 Å². The summed E-state index contributed by atoms with van der Waals surface area (Å²) in [5.41, 5.74) is 7.00. The molecule has 0 spiro atoms. The van der Waals surface area contributed by atoms with Gasteiger partial charge in [0.1, 0.15) is 0 Å². The van der Waals surface area contributed by atoms with Crippen LogP contribution in [0.5, 0.6) is 0 Å². The molecule has 78 valence electrons. The van der Waals surface area contributed by atoms with E-state index < -0.39 is 0 Å². The van der Waals surface area contributed by atoms with E-state index in [2.05, 4.69) is 22.0 Å². The summed E-state index contributed by atoms with van der Waals surface area (Å²) >= 11 is 0. The molecule has 2 aromatic rings. The molecule has 15 heavy (non-hydrogen) atoms. The van der Waals surface area contributed by atoms with E-state index in [9.17, 15) is 0 Å². The maximum absolute atomic E-state index is 5.51. The van der Waals surface area contributed by atoms with Crippen molar-refractivity contribution in [3.05, 3.63) is 24.8 Å². The van der Waals surface area contributed by atoms with E-state index in [1.165, 1.54) is 0 Å². The molecule has 0 radical (unpaired) electrons. The van der Waals surface area contributed by atoms with Crippen molar-refractivity contribution >= 4 is 5.69 Å². The van der Waals surface area contributed by atoms with E-state index in [1.807, 2.05) is 10.9 Å². The lowest BCUT2D eigenvalue weighted by molar-refractivity contribution is 0.603. The monoisotopic (exact) mass is 203 g/mol. The van der Waals surface area contributed by atoms with Crippen LogP contribution in [0.4, 0.5) is 5.69 Å². The highest BCUT2D eigenvalue weighted by atomic mass is 15.3. The number of aromatic nitrogens is 4. The molecule has 0 aromatic carbocycles. The molecule has 0 bridgehead atoms. The fraction of sp³-hybridized carbons (Fsp3) is 0.300. The van der Waals surface area contributed by atoms with Crippen LogP contribution >= 0.6 is 0 Å². The Morgan fingerprint density at radius 3 is 2.67 bits per heavy atom. The second kappa shape index (κ2) is 4.08. The second-order valence-electron chi connectivity index (χ2n) is 3.33. The van der Waals surface area contributed by atoms with Crippen LogP contribution in [0.2, 0.25) is 0 Å². The summed E-state index contributed by atoms with van der Waals surface area (Å²) in [6, 6.07) is 0. The first-order valence-electron chi connectivity index (χ1n) is 4.90. The molecule has 0 saturated heterocycles. The van der Waals surface area contributed by atoms with Gasteiger partial charge < -0.3 is 5.73 Å². The van der Waals surface area contributed by atoms with Crippen molar-refractivity contribution in [3.63, 3.8) is 0 Å². The predicted molar refractivity (Wildman–Crippen MR) is 58.0 cm³/mol. The number of rotatable bonds is 3. The highest BCUT2D eigenvalue weighted by molar-refractivity contribution is 5.52. The van der Waals surface area contributed by atoms with Gasteiger partial charge in [0.15, 0.2) is 5.82 Å². The molecule has 0 saturated carbocycles. The van der Waals surface area contributed by atoms with Gasteiger partial charge in [-0.25, -0.2) is 9.97 Å². The molecular weight excluding hydrogens is 190 g/mol. The zero-order valence-corrected chi connectivity index (χ0v) is 8.59.